The summed E-state index contributed by atoms with van der Waals surface area (Å²) in [6.07, 6.45) is 0.377. The highest BCUT2D eigenvalue weighted by Crippen LogP contribution is 2.34. The van der Waals surface area contributed by atoms with E-state index in [2.05, 4.69) is 4.90 Å². The molecule has 0 saturated carbocycles. The van der Waals surface area contributed by atoms with Crippen LogP contribution in [0.3, 0.4) is 0 Å². The van der Waals surface area contributed by atoms with Gasteiger partial charge in [-0.3, -0.25) is 4.79 Å². The van der Waals surface area contributed by atoms with Crippen molar-refractivity contribution in [3.63, 3.8) is 0 Å². The van der Waals surface area contributed by atoms with E-state index in [9.17, 15) is 4.79 Å². The number of para-hydroxylation sites is 2. The molecule has 1 aliphatic heterocycles. The van der Waals surface area contributed by atoms with Crippen molar-refractivity contribution in [2.45, 2.75) is 6.42 Å². The lowest BCUT2D eigenvalue weighted by atomic mass is 10.2. The Balaban J connectivity index is 1.48. The van der Waals surface area contributed by atoms with Crippen LogP contribution in [0.1, 0.15) is 6.42 Å². The minimum atomic E-state index is 0.112. The summed E-state index contributed by atoms with van der Waals surface area (Å²) < 4.78 is 5.60. The van der Waals surface area contributed by atoms with Crippen molar-refractivity contribution in [2.75, 3.05) is 37.7 Å². The number of carbonyl (C=O) groups is 1. The number of amides is 1. The van der Waals surface area contributed by atoms with Gasteiger partial charge in [-0.25, -0.2) is 0 Å². The van der Waals surface area contributed by atoms with E-state index in [0.29, 0.717) is 49.3 Å². The van der Waals surface area contributed by atoms with E-state index in [1.54, 1.807) is 0 Å². The van der Waals surface area contributed by atoms with Crippen LogP contribution in [-0.4, -0.2) is 43.6 Å². The number of carbonyl (C=O) groups excluding carboxylic acids is 1. The van der Waals surface area contributed by atoms with Gasteiger partial charge in [-0.05, 0) is 24.3 Å². The third-order valence-electron chi connectivity index (χ3n) is 4.21. The van der Waals surface area contributed by atoms with E-state index in [-0.39, 0.29) is 5.91 Å². The largest absolute Gasteiger partial charge is 0.493 e. The first-order chi connectivity index (χ1) is 12.1. The quantitative estimate of drug-likeness (QED) is 0.784. The van der Waals surface area contributed by atoms with Crippen molar-refractivity contribution >= 4 is 34.8 Å². The van der Waals surface area contributed by atoms with Crippen LogP contribution in [0.2, 0.25) is 10.0 Å². The van der Waals surface area contributed by atoms with E-state index in [1.165, 1.54) is 0 Å². The SMILES string of the molecule is O=C(CCOc1ccccc1)N1CCN(c2c(Cl)cccc2Cl)CC1. The lowest BCUT2D eigenvalue weighted by Gasteiger charge is -2.37. The van der Waals surface area contributed by atoms with E-state index in [4.69, 9.17) is 27.9 Å². The number of rotatable bonds is 5. The number of ether oxygens (including phenoxy) is 1. The fourth-order valence-electron chi connectivity index (χ4n) is 2.90. The summed E-state index contributed by atoms with van der Waals surface area (Å²) in [4.78, 5) is 16.3. The maximum absolute atomic E-state index is 12.3. The summed E-state index contributed by atoms with van der Waals surface area (Å²) in [5, 5.41) is 1.28. The molecule has 25 heavy (non-hydrogen) atoms. The molecule has 0 aromatic heterocycles. The van der Waals surface area contributed by atoms with Gasteiger partial charge in [-0.1, -0.05) is 47.5 Å². The average molecular weight is 379 g/mol. The van der Waals surface area contributed by atoms with Crippen LogP contribution in [0.5, 0.6) is 5.75 Å². The van der Waals surface area contributed by atoms with Crippen molar-refractivity contribution in [1.29, 1.82) is 0 Å². The second kappa shape index (κ2) is 8.45. The highest BCUT2D eigenvalue weighted by molar-refractivity contribution is 6.39. The molecule has 2 aromatic rings. The third kappa shape index (κ3) is 4.59. The van der Waals surface area contributed by atoms with Gasteiger partial charge >= 0.3 is 0 Å². The highest BCUT2D eigenvalue weighted by Gasteiger charge is 2.23. The molecule has 3 rings (SSSR count). The Morgan fingerprint density at radius 2 is 1.56 bits per heavy atom. The van der Waals surface area contributed by atoms with Crippen LogP contribution >= 0.6 is 23.2 Å². The lowest BCUT2D eigenvalue weighted by molar-refractivity contribution is -0.132. The number of benzene rings is 2. The summed E-state index contributed by atoms with van der Waals surface area (Å²) >= 11 is 12.5. The molecule has 0 N–H and O–H groups in total. The fourth-order valence-corrected chi connectivity index (χ4v) is 3.54. The van der Waals surface area contributed by atoms with Gasteiger partial charge in [0, 0.05) is 26.2 Å². The summed E-state index contributed by atoms with van der Waals surface area (Å²) in [6, 6.07) is 15.0. The van der Waals surface area contributed by atoms with E-state index < -0.39 is 0 Å². The molecule has 0 bridgehead atoms. The summed E-state index contributed by atoms with van der Waals surface area (Å²) in [7, 11) is 0. The Labute approximate surface area is 157 Å². The standard InChI is InChI=1S/C19H20Cl2N2O2/c20-16-7-4-8-17(21)19(16)23-12-10-22(11-13-23)18(24)9-14-25-15-5-2-1-3-6-15/h1-8H,9-14H2. The Morgan fingerprint density at radius 3 is 2.20 bits per heavy atom. The minimum absolute atomic E-state index is 0.112. The average Bonchev–Trinajstić information content (AvgIpc) is 2.63. The summed E-state index contributed by atoms with van der Waals surface area (Å²) in [5.74, 6) is 0.898. The molecule has 132 valence electrons. The minimum Gasteiger partial charge on any atom is -0.493 e. The first kappa shape index (κ1) is 17.9. The lowest BCUT2D eigenvalue weighted by Crippen LogP contribution is -2.49. The molecular formula is C19H20Cl2N2O2. The number of hydrogen-bond donors (Lipinski definition) is 0. The van der Waals surface area contributed by atoms with Gasteiger partial charge in [0.15, 0.2) is 0 Å². The molecule has 0 atom stereocenters. The zero-order chi connectivity index (χ0) is 17.6. The molecule has 1 heterocycles. The first-order valence-electron chi connectivity index (χ1n) is 8.30. The van der Waals surface area contributed by atoms with Gasteiger partial charge in [-0.15, -0.1) is 0 Å². The predicted octanol–water partition coefficient (Wildman–Crippen LogP) is 4.11. The second-order valence-corrected chi connectivity index (χ2v) is 6.66. The molecule has 1 aliphatic rings. The van der Waals surface area contributed by atoms with E-state index in [1.807, 2.05) is 53.4 Å². The number of anilines is 1. The molecule has 0 spiro atoms. The molecule has 0 unspecified atom stereocenters. The molecule has 4 nitrogen and oxygen atoms in total. The zero-order valence-corrected chi connectivity index (χ0v) is 15.3. The van der Waals surface area contributed by atoms with Crippen molar-refractivity contribution in [3.05, 3.63) is 58.6 Å². The summed E-state index contributed by atoms with van der Waals surface area (Å²) in [6.45, 7) is 3.14. The molecule has 1 saturated heterocycles. The normalized spacial score (nSPS) is 14.5. The Morgan fingerprint density at radius 1 is 0.920 bits per heavy atom. The van der Waals surface area contributed by atoms with Crippen LogP contribution in [0, 0.1) is 0 Å². The van der Waals surface area contributed by atoms with Crippen molar-refractivity contribution < 1.29 is 9.53 Å². The molecular weight excluding hydrogens is 359 g/mol. The molecule has 1 fully saturated rings. The van der Waals surface area contributed by atoms with Gasteiger partial charge in [0.1, 0.15) is 5.75 Å². The van der Waals surface area contributed by atoms with Gasteiger partial charge in [0.05, 0.1) is 28.8 Å². The molecule has 1 amide bonds. The topological polar surface area (TPSA) is 32.8 Å². The maximum Gasteiger partial charge on any atom is 0.226 e. The smallest absolute Gasteiger partial charge is 0.226 e. The summed E-state index contributed by atoms with van der Waals surface area (Å²) in [5.41, 5.74) is 0.852. The van der Waals surface area contributed by atoms with E-state index >= 15 is 0 Å². The second-order valence-electron chi connectivity index (χ2n) is 5.85. The highest BCUT2D eigenvalue weighted by atomic mass is 35.5. The van der Waals surface area contributed by atoms with Crippen molar-refractivity contribution in [1.82, 2.24) is 4.90 Å². The Bertz CT molecular complexity index is 696. The number of hydrogen-bond acceptors (Lipinski definition) is 3. The van der Waals surface area contributed by atoms with Crippen molar-refractivity contribution in [2.24, 2.45) is 0 Å². The zero-order valence-electron chi connectivity index (χ0n) is 13.8. The predicted molar refractivity (Wildman–Crippen MR) is 102 cm³/mol. The van der Waals surface area contributed by atoms with Gasteiger partial charge in [-0.2, -0.15) is 0 Å². The third-order valence-corrected chi connectivity index (χ3v) is 4.82. The van der Waals surface area contributed by atoms with Crippen LogP contribution in [0.4, 0.5) is 5.69 Å². The molecule has 0 aliphatic carbocycles. The van der Waals surface area contributed by atoms with Crippen LogP contribution < -0.4 is 9.64 Å². The molecule has 6 heteroatoms. The Hall–Kier alpha value is -1.91. The maximum atomic E-state index is 12.3. The van der Waals surface area contributed by atoms with E-state index in [0.717, 1.165) is 11.4 Å². The van der Waals surface area contributed by atoms with Gasteiger partial charge in [0.2, 0.25) is 5.91 Å². The molecule has 2 aromatic carbocycles. The fraction of sp³-hybridized carbons (Fsp3) is 0.316. The van der Waals surface area contributed by atoms with Crippen LogP contribution in [-0.2, 0) is 4.79 Å². The number of piperazine rings is 1. The van der Waals surface area contributed by atoms with Gasteiger partial charge in [0.25, 0.3) is 0 Å². The van der Waals surface area contributed by atoms with Crippen LogP contribution in [0.25, 0.3) is 0 Å². The number of nitrogens with zero attached hydrogens (tertiary/aromatic N) is 2. The Kier molecular flexibility index (Phi) is 6.05. The first-order valence-corrected chi connectivity index (χ1v) is 9.05. The van der Waals surface area contributed by atoms with Crippen molar-refractivity contribution in [3.8, 4) is 5.75 Å². The molecule has 0 radical (unpaired) electrons. The van der Waals surface area contributed by atoms with Crippen LogP contribution in [0.15, 0.2) is 48.5 Å². The van der Waals surface area contributed by atoms with Gasteiger partial charge < -0.3 is 14.5 Å². The number of halogens is 2. The monoisotopic (exact) mass is 378 g/mol.